The molecule has 33 heavy (non-hydrogen) atoms. The highest BCUT2D eigenvalue weighted by molar-refractivity contribution is 6.17. The summed E-state index contributed by atoms with van der Waals surface area (Å²) in [7, 11) is 0. The molecule has 2 atom stereocenters. The maximum Gasteiger partial charge on any atom is 0.171 e. The van der Waals surface area contributed by atoms with Gasteiger partial charge in [0.15, 0.2) is 11.6 Å². The number of hydrogen-bond acceptors (Lipinski definition) is 3. The van der Waals surface area contributed by atoms with E-state index < -0.39 is 11.8 Å². The molecular weight excluding hydrogens is 408 g/mol. The SMILES string of the molecule is Cc1ccc(-n2c(C)cc(C=NC3=C[C@@H]4C(=O)c5ccccc5C(=O)[C@@H]4C=C3)c2C)cc1C. The molecule has 0 fully saturated rings. The molecule has 0 bridgehead atoms. The molecule has 0 radical (unpaired) electrons. The first-order chi connectivity index (χ1) is 15.8. The third-order valence-corrected chi connectivity index (χ3v) is 6.85. The highest BCUT2D eigenvalue weighted by atomic mass is 16.1. The van der Waals surface area contributed by atoms with Crippen LogP contribution in [0.2, 0.25) is 0 Å². The van der Waals surface area contributed by atoms with Crippen molar-refractivity contribution in [2.24, 2.45) is 16.8 Å². The van der Waals surface area contributed by atoms with Crippen molar-refractivity contribution >= 4 is 17.8 Å². The van der Waals surface area contributed by atoms with Crippen LogP contribution in [0.25, 0.3) is 5.69 Å². The number of fused-ring (bicyclic) bond motifs is 2. The molecule has 164 valence electrons. The number of aromatic nitrogens is 1. The first kappa shape index (κ1) is 21.1. The smallest absolute Gasteiger partial charge is 0.171 e. The largest absolute Gasteiger partial charge is 0.318 e. The molecule has 0 saturated carbocycles. The molecule has 5 rings (SSSR count). The molecular formula is C29H26N2O2. The predicted octanol–water partition coefficient (Wildman–Crippen LogP) is 5.90. The Kier molecular flexibility index (Phi) is 5.09. The Morgan fingerprint density at radius 2 is 1.55 bits per heavy atom. The Labute approximate surface area is 194 Å². The van der Waals surface area contributed by atoms with Crippen molar-refractivity contribution in [1.82, 2.24) is 4.57 Å². The summed E-state index contributed by atoms with van der Waals surface area (Å²) in [6.07, 6.45) is 7.35. The number of ketones is 2. The summed E-state index contributed by atoms with van der Waals surface area (Å²) in [6, 6.07) is 15.7. The summed E-state index contributed by atoms with van der Waals surface area (Å²) in [5.41, 5.74) is 8.67. The van der Waals surface area contributed by atoms with E-state index in [4.69, 9.17) is 0 Å². The summed E-state index contributed by atoms with van der Waals surface area (Å²) >= 11 is 0. The molecule has 0 spiro atoms. The van der Waals surface area contributed by atoms with Crippen LogP contribution in [-0.4, -0.2) is 22.3 Å². The van der Waals surface area contributed by atoms with Crippen molar-refractivity contribution in [3.8, 4) is 5.69 Å². The minimum Gasteiger partial charge on any atom is -0.318 e. The van der Waals surface area contributed by atoms with Crippen molar-refractivity contribution in [3.05, 3.63) is 112 Å². The lowest BCUT2D eigenvalue weighted by Crippen LogP contribution is -2.35. The van der Waals surface area contributed by atoms with Gasteiger partial charge in [-0.15, -0.1) is 0 Å². The van der Waals surface area contributed by atoms with E-state index in [0.717, 1.165) is 22.6 Å². The van der Waals surface area contributed by atoms with Crippen molar-refractivity contribution in [3.63, 3.8) is 0 Å². The summed E-state index contributed by atoms with van der Waals surface area (Å²) in [5.74, 6) is -0.948. The van der Waals surface area contributed by atoms with E-state index in [1.165, 1.54) is 11.1 Å². The third-order valence-electron chi connectivity index (χ3n) is 6.85. The summed E-state index contributed by atoms with van der Waals surface area (Å²) in [5, 5.41) is 0. The van der Waals surface area contributed by atoms with Gasteiger partial charge >= 0.3 is 0 Å². The molecule has 4 heteroatoms. The number of rotatable bonds is 3. The van der Waals surface area contributed by atoms with Crippen LogP contribution in [0.15, 0.2) is 77.4 Å². The van der Waals surface area contributed by atoms with Crippen LogP contribution in [0.4, 0.5) is 0 Å². The number of Topliss-reactive ketones (excluding diaryl/α,β-unsaturated/α-hetero) is 2. The number of benzene rings is 2. The van der Waals surface area contributed by atoms with Gasteiger partial charge in [0.1, 0.15) is 0 Å². The van der Waals surface area contributed by atoms with Crippen molar-refractivity contribution < 1.29 is 9.59 Å². The minimum absolute atomic E-state index is 0.00247. The summed E-state index contributed by atoms with van der Waals surface area (Å²) < 4.78 is 2.23. The normalized spacial score (nSPS) is 19.6. The van der Waals surface area contributed by atoms with Gasteiger partial charge in [-0.05, 0) is 69.2 Å². The van der Waals surface area contributed by atoms with Gasteiger partial charge in [0.25, 0.3) is 0 Å². The number of hydrogen-bond donors (Lipinski definition) is 0. The fourth-order valence-electron chi connectivity index (χ4n) is 4.84. The zero-order valence-corrected chi connectivity index (χ0v) is 19.3. The van der Waals surface area contributed by atoms with Crippen molar-refractivity contribution in [2.45, 2.75) is 27.7 Å². The molecule has 1 heterocycles. The molecule has 3 aromatic rings. The van der Waals surface area contributed by atoms with Crippen LogP contribution in [0, 0.1) is 39.5 Å². The van der Waals surface area contributed by atoms with Gasteiger partial charge in [-0.2, -0.15) is 0 Å². The molecule has 0 N–H and O–H groups in total. The molecule has 2 aliphatic rings. The van der Waals surface area contributed by atoms with Crippen LogP contribution in [0.5, 0.6) is 0 Å². The maximum absolute atomic E-state index is 13.0. The van der Waals surface area contributed by atoms with E-state index in [9.17, 15) is 9.59 Å². The average Bonchev–Trinajstić information content (AvgIpc) is 3.10. The van der Waals surface area contributed by atoms with Gasteiger partial charge in [0, 0.05) is 40.0 Å². The van der Waals surface area contributed by atoms with E-state index in [1.807, 2.05) is 24.4 Å². The van der Waals surface area contributed by atoms with Crippen molar-refractivity contribution in [2.75, 3.05) is 0 Å². The number of aliphatic imine (C=N–C) groups is 1. The number of carbonyl (C=O) groups excluding carboxylic acids is 2. The third kappa shape index (κ3) is 3.52. The number of carbonyl (C=O) groups is 2. The molecule has 0 unspecified atom stereocenters. The lowest BCUT2D eigenvalue weighted by Gasteiger charge is -2.28. The molecule has 0 saturated heterocycles. The topological polar surface area (TPSA) is 51.4 Å². The van der Waals surface area contributed by atoms with Crippen LogP contribution >= 0.6 is 0 Å². The summed E-state index contributed by atoms with van der Waals surface area (Å²) in [4.78, 5) is 30.6. The van der Waals surface area contributed by atoms with Crippen LogP contribution in [0.1, 0.15) is 48.8 Å². The Morgan fingerprint density at radius 1 is 0.848 bits per heavy atom. The zero-order valence-electron chi connectivity index (χ0n) is 19.3. The van der Waals surface area contributed by atoms with Gasteiger partial charge in [-0.1, -0.05) is 36.4 Å². The van der Waals surface area contributed by atoms with Gasteiger partial charge in [0.2, 0.25) is 0 Å². The van der Waals surface area contributed by atoms with E-state index in [2.05, 4.69) is 61.5 Å². The highest BCUT2D eigenvalue weighted by Crippen LogP contribution is 2.35. The van der Waals surface area contributed by atoms with Gasteiger partial charge in [0.05, 0.1) is 17.5 Å². The highest BCUT2D eigenvalue weighted by Gasteiger charge is 2.40. The minimum atomic E-state index is -0.493. The second-order valence-electron chi connectivity index (χ2n) is 8.96. The van der Waals surface area contributed by atoms with E-state index in [1.54, 1.807) is 24.3 Å². The quantitative estimate of drug-likeness (QED) is 0.482. The number of allylic oxidation sites excluding steroid dienone is 3. The zero-order chi connectivity index (χ0) is 23.3. The standard InChI is InChI=1S/C29H26N2O2/c1-17-9-11-23(13-18(17)2)31-19(3)14-21(20(31)4)16-30-22-10-12-26-27(15-22)29(33)25-8-6-5-7-24(25)28(26)32/h5-16,26-27H,1-4H3/t26-,27+/m1/s1. The Balaban J connectivity index is 1.45. The van der Waals surface area contributed by atoms with E-state index in [-0.39, 0.29) is 11.6 Å². The van der Waals surface area contributed by atoms with Gasteiger partial charge in [-0.3, -0.25) is 14.6 Å². The molecule has 1 aromatic heterocycles. The number of aryl methyl sites for hydroxylation is 3. The first-order valence-electron chi connectivity index (χ1n) is 11.2. The Morgan fingerprint density at radius 3 is 2.24 bits per heavy atom. The lowest BCUT2D eigenvalue weighted by molar-refractivity contribution is 0.0801. The van der Waals surface area contributed by atoms with Gasteiger partial charge in [-0.25, -0.2) is 0 Å². The van der Waals surface area contributed by atoms with E-state index in [0.29, 0.717) is 16.8 Å². The Hall–Kier alpha value is -3.79. The summed E-state index contributed by atoms with van der Waals surface area (Å²) in [6.45, 7) is 8.42. The second kappa shape index (κ2) is 7.96. The first-order valence-corrected chi connectivity index (χ1v) is 11.2. The van der Waals surface area contributed by atoms with E-state index >= 15 is 0 Å². The molecule has 2 aromatic carbocycles. The molecule has 2 aliphatic carbocycles. The monoisotopic (exact) mass is 434 g/mol. The fraction of sp³-hybridized carbons (Fsp3) is 0.207. The van der Waals surface area contributed by atoms with Crippen LogP contribution in [0.3, 0.4) is 0 Å². The molecule has 0 amide bonds. The van der Waals surface area contributed by atoms with Crippen LogP contribution < -0.4 is 0 Å². The fourth-order valence-corrected chi connectivity index (χ4v) is 4.84. The average molecular weight is 435 g/mol. The molecule has 0 aliphatic heterocycles. The second-order valence-corrected chi connectivity index (χ2v) is 8.96. The maximum atomic E-state index is 13.0. The number of nitrogens with zero attached hydrogens (tertiary/aromatic N) is 2. The van der Waals surface area contributed by atoms with Gasteiger partial charge < -0.3 is 4.57 Å². The van der Waals surface area contributed by atoms with Crippen molar-refractivity contribution in [1.29, 1.82) is 0 Å². The Bertz CT molecular complexity index is 1400. The van der Waals surface area contributed by atoms with Crippen LogP contribution in [-0.2, 0) is 0 Å². The molecule has 4 nitrogen and oxygen atoms in total. The lowest BCUT2D eigenvalue weighted by atomic mass is 9.72. The predicted molar refractivity (Wildman–Crippen MR) is 132 cm³/mol.